The minimum absolute atomic E-state index is 0.00409. The molecule has 3 rings (SSSR count). The first kappa shape index (κ1) is 14.8. The molecule has 3 aliphatic rings. The summed E-state index contributed by atoms with van der Waals surface area (Å²) in [5.74, 6) is 0.667. The number of esters is 2. The van der Waals surface area contributed by atoms with Crippen LogP contribution in [0.2, 0.25) is 0 Å². The maximum atomic E-state index is 11.8. The van der Waals surface area contributed by atoms with Gasteiger partial charge in [-0.3, -0.25) is 9.59 Å². The van der Waals surface area contributed by atoms with Crippen LogP contribution in [0.25, 0.3) is 0 Å². The Hall–Kier alpha value is -1.10. The van der Waals surface area contributed by atoms with Gasteiger partial charge in [0.2, 0.25) is 0 Å². The molecule has 0 N–H and O–H groups in total. The van der Waals surface area contributed by atoms with Crippen LogP contribution in [0.15, 0.2) is 0 Å². The molecule has 0 spiro atoms. The third-order valence-corrected chi connectivity index (χ3v) is 5.48. The molecule has 5 atom stereocenters. The van der Waals surface area contributed by atoms with E-state index in [0.717, 1.165) is 19.3 Å². The lowest BCUT2D eigenvalue weighted by atomic mass is 9.88. The van der Waals surface area contributed by atoms with Crippen molar-refractivity contribution >= 4 is 11.9 Å². The van der Waals surface area contributed by atoms with Crippen molar-refractivity contribution in [1.29, 1.82) is 0 Å². The molecule has 1 aliphatic heterocycles. The fourth-order valence-electron chi connectivity index (χ4n) is 3.79. The van der Waals surface area contributed by atoms with Crippen molar-refractivity contribution < 1.29 is 23.8 Å². The molecule has 2 saturated carbocycles. The monoisotopic (exact) mass is 296 g/mol. The van der Waals surface area contributed by atoms with E-state index in [2.05, 4.69) is 0 Å². The van der Waals surface area contributed by atoms with Crippen molar-refractivity contribution in [3.05, 3.63) is 0 Å². The zero-order valence-corrected chi connectivity index (χ0v) is 13.0. The molecule has 2 aliphatic carbocycles. The highest BCUT2D eigenvalue weighted by Crippen LogP contribution is 2.55. The van der Waals surface area contributed by atoms with Crippen molar-refractivity contribution in [2.45, 2.75) is 52.2 Å². The van der Waals surface area contributed by atoms with Crippen LogP contribution in [0, 0.1) is 23.2 Å². The summed E-state index contributed by atoms with van der Waals surface area (Å²) in [5, 5.41) is 0. The van der Waals surface area contributed by atoms with Gasteiger partial charge in [-0.15, -0.1) is 0 Å². The molecule has 3 fully saturated rings. The second kappa shape index (κ2) is 5.27. The molecule has 118 valence electrons. The Morgan fingerprint density at radius 2 is 2.10 bits per heavy atom. The van der Waals surface area contributed by atoms with Gasteiger partial charge < -0.3 is 14.2 Å². The predicted molar refractivity (Wildman–Crippen MR) is 74.4 cm³/mol. The van der Waals surface area contributed by atoms with Gasteiger partial charge in [-0.05, 0) is 39.0 Å². The normalized spacial score (nSPS) is 36.9. The molecule has 0 aromatic heterocycles. The highest BCUT2D eigenvalue weighted by atomic mass is 16.6. The molecule has 5 heteroatoms. The van der Waals surface area contributed by atoms with Crippen LogP contribution in [-0.2, 0) is 23.8 Å². The average Bonchev–Trinajstić information content (AvgIpc) is 3.06. The van der Waals surface area contributed by atoms with Gasteiger partial charge >= 0.3 is 11.9 Å². The highest BCUT2D eigenvalue weighted by molar-refractivity contribution is 5.76. The lowest BCUT2D eigenvalue weighted by Gasteiger charge is -2.26. The van der Waals surface area contributed by atoms with E-state index in [0.29, 0.717) is 18.4 Å². The molecule has 0 aromatic rings. The first-order chi connectivity index (χ1) is 9.94. The van der Waals surface area contributed by atoms with E-state index in [1.165, 1.54) is 0 Å². The second-order valence-corrected chi connectivity index (χ2v) is 7.11. The molecular weight excluding hydrogens is 272 g/mol. The molecule has 5 nitrogen and oxygen atoms in total. The van der Waals surface area contributed by atoms with Crippen LogP contribution < -0.4 is 0 Å². The fourth-order valence-corrected chi connectivity index (χ4v) is 3.79. The highest BCUT2D eigenvalue weighted by Gasteiger charge is 2.62. The molecule has 2 bridgehead atoms. The van der Waals surface area contributed by atoms with E-state index in [1.54, 1.807) is 0 Å². The van der Waals surface area contributed by atoms with Gasteiger partial charge in [-0.1, -0.05) is 6.92 Å². The lowest BCUT2D eigenvalue weighted by Crippen LogP contribution is -2.35. The number of rotatable bonds is 6. The fraction of sp³-hybridized carbons (Fsp3) is 0.875. The van der Waals surface area contributed by atoms with Gasteiger partial charge in [0.15, 0.2) is 0 Å². The predicted octanol–water partition coefficient (Wildman–Crippen LogP) is 1.93. The van der Waals surface area contributed by atoms with E-state index in [9.17, 15) is 9.59 Å². The van der Waals surface area contributed by atoms with Crippen molar-refractivity contribution in [3.63, 3.8) is 0 Å². The lowest BCUT2D eigenvalue weighted by molar-refractivity contribution is -0.158. The Morgan fingerprint density at radius 1 is 1.33 bits per heavy atom. The number of fused-ring (bicyclic) bond motifs is 1. The maximum absolute atomic E-state index is 11.8. The molecule has 0 aromatic carbocycles. The van der Waals surface area contributed by atoms with Crippen LogP contribution in [0.3, 0.4) is 0 Å². The van der Waals surface area contributed by atoms with Crippen molar-refractivity contribution in [2.24, 2.45) is 23.2 Å². The summed E-state index contributed by atoms with van der Waals surface area (Å²) < 4.78 is 16.6. The van der Waals surface area contributed by atoms with Gasteiger partial charge in [0.1, 0.15) is 12.7 Å². The molecule has 21 heavy (non-hydrogen) atoms. The van der Waals surface area contributed by atoms with Gasteiger partial charge in [-0.25, -0.2) is 0 Å². The number of hydrogen-bond acceptors (Lipinski definition) is 5. The first-order valence-electron chi connectivity index (χ1n) is 7.93. The molecule has 0 amide bonds. The van der Waals surface area contributed by atoms with Crippen LogP contribution in [0.1, 0.15) is 40.0 Å². The SMILES string of the molecule is CCC(C)(C)C(=O)OCCOC1C2CC3C(=O)OC1C3C2. The Kier molecular flexibility index (Phi) is 3.72. The number of carbonyl (C=O) groups is 2. The summed E-state index contributed by atoms with van der Waals surface area (Å²) in [5.41, 5.74) is -0.444. The summed E-state index contributed by atoms with van der Waals surface area (Å²) >= 11 is 0. The van der Waals surface area contributed by atoms with Gasteiger partial charge in [0, 0.05) is 5.92 Å². The van der Waals surface area contributed by atoms with E-state index in [4.69, 9.17) is 14.2 Å². The summed E-state index contributed by atoms with van der Waals surface area (Å²) in [6.07, 6.45) is 2.61. The van der Waals surface area contributed by atoms with E-state index >= 15 is 0 Å². The summed E-state index contributed by atoms with van der Waals surface area (Å²) in [6, 6.07) is 0. The third kappa shape index (κ3) is 2.45. The second-order valence-electron chi connectivity index (χ2n) is 7.11. The Bertz CT molecular complexity index is 444. The van der Waals surface area contributed by atoms with Crippen LogP contribution in [0.5, 0.6) is 0 Å². The molecule has 1 heterocycles. The Balaban J connectivity index is 1.43. The largest absolute Gasteiger partial charge is 0.463 e. The van der Waals surface area contributed by atoms with E-state index in [-0.39, 0.29) is 36.7 Å². The van der Waals surface area contributed by atoms with Crippen LogP contribution >= 0.6 is 0 Å². The van der Waals surface area contributed by atoms with Gasteiger partial charge in [0.05, 0.1) is 24.0 Å². The van der Waals surface area contributed by atoms with Crippen molar-refractivity contribution in [2.75, 3.05) is 13.2 Å². The molecule has 1 saturated heterocycles. The molecular formula is C16H24O5. The molecule has 0 radical (unpaired) electrons. The topological polar surface area (TPSA) is 61.8 Å². The van der Waals surface area contributed by atoms with Gasteiger partial charge in [0.25, 0.3) is 0 Å². The standard InChI is InChI=1S/C16H24O5/c1-4-16(2,3)15(18)20-6-5-19-12-9-7-10-11(8-9)14(17)21-13(10)12/h9-13H,4-8H2,1-3H3. The number of ether oxygens (including phenoxy) is 3. The third-order valence-electron chi connectivity index (χ3n) is 5.48. The number of hydrogen-bond donors (Lipinski definition) is 0. The Morgan fingerprint density at radius 3 is 2.81 bits per heavy atom. The first-order valence-corrected chi connectivity index (χ1v) is 7.93. The smallest absolute Gasteiger partial charge is 0.311 e. The average molecular weight is 296 g/mol. The van der Waals surface area contributed by atoms with Crippen molar-refractivity contribution in [1.82, 2.24) is 0 Å². The minimum Gasteiger partial charge on any atom is -0.463 e. The Labute approximate surface area is 125 Å². The maximum Gasteiger partial charge on any atom is 0.311 e. The number of carbonyl (C=O) groups excluding carboxylic acids is 2. The summed E-state index contributed by atoms with van der Waals surface area (Å²) in [6.45, 7) is 6.37. The van der Waals surface area contributed by atoms with Crippen molar-refractivity contribution in [3.8, 4) is 0 Å². The van der Waals surface area contributed by atoms with Crippen LogP contribution in [-0.4, -0.2) is 37.4 Å². The summed E-state index contributed by atoms with van der Waals surface area (Å²) in [4.78, 5) is 23.5. The zero-order chi connectivity index (χ0) is 15.2. The van der Waals surface area contributed by atoms with E-state index in [1.807, 2.05) is 20.8 Å². The quantitative estimate of drug-likeness (QED) is 0.553. The zero-order valence-electron chi connectivity index (χ0n) is 13.0. The van der Waals surface area contributed by atoms with Gasteiger partial charge in [-0.2, -0.15) is 0 Å². The molecule has 5 unspecified atom stereocenters. The minimum atomic E-state index is -0.444. The van der Waals surface area contributed by atoms with E-state index < -0.39 is 5.41 Å². The summed E-state index contributed by atoms with van der Waals surface area (Å²) in [7, 11) is 0. The van der Waals surface area contributed by atoms with Crippen LogP contribution in [0.4, 0.5) is 0 Å².